The monoisotopic (exact) mass is 318 g/mol. The number of benzene rings is 1. The molecule has 24 heavy (non-hydrogen) atoms. The minimum Gasteiger partial charge on any atom is -0.368 e. The summed E-state index contributed by atoms with van der Waals surface area (Å²) in [6, 6.07) is 15.1. The van der Waals surface area contributed by atoms with Crippen molar-refractivity contribution >= 4 is 16.6 Å². The highest BCUT2D eigenvalue weighted by Crippen LogP contribution is 2.28. The first-order valence-corrected chi connectivity index (χ1v) is 8.55. The van der Waals surface area contributed by atoms with Gasteiger partial charge in [0.15, 0.2) is 0 Å². The second kappa shape index (κ2) is 6.57. The molecule has 0 unspecified atom stereocenters. The first-order chi connectivity index (χ1) is 11.8. The van der Waals surface area contributed by atoms with Crippen LogP contribution in [0.2, 0.25) is 0 Å². The first kappa shape index (κ1) is 15.1. The van der Waals surface area contributed by atoms with Crippen LogP contribution >= 0.6 is 0 Å². The Bertz CT molecular complexity index is 805. The number of anilines is 1. The molecular weight excluding hydrogens is 296 g/mol. The average molecular weight is 318 g/mol. The van der Waals surface area contributed by atoms with Crippen LogP contribution in [-0.4, -0.2) is 41.0 Å². The second-order valence-corrected chi connectivity index (χ2v) is 6.33. The summed E-state index contributed by atoms with van der Waals surface area (Å²) in [6.07, 6.45) is 5.73. The van der Waals surface area contributed by atoms with E-state index in [1.165, 1.54) is 16.6 Å². The van der Waals surface area contributed by atoms with Gasteiger partial charge in [-0.2, -0.15) is 0 Å². The fraction of sp³-hybridized carbons (Fsp3) is 0.300. The lowest BCUT2D eigenvalue weighted by Crippen LogP contribution is -2.47. The molecule has 122 valence electrons. The maximum atomic E-state index is 4.48. The number of hydrogen-bond acceptors (Lipinski definition) is 4. The van der Waals surface area contributed by atoms with Gasteiger partial charge in [-0.1, -0.05) is 24.3 Å². The molecule has 0 spiro atoms. The summed E-state index contributed by atoms with van der Waals surface area (Å²) >= 11 is 0. The Morgan fingerprint density at radius 3 is 2.54 bits per heavy atom. The zero-order chi connectivity index (χ0) is 16.4. The predicted molar refractivity (Wildman–Crippen MR) is 98.2 cm³/mol. The lowest BCUT2D eigenvalue weighted by atomic mass is 10.1. The first-order valence-electron chi connectivity index (χ1n) is 8.55. The molecule has 4 heteroatoms. The van der Waals surface area contributed by atoms with Gasteiger partial charge in [0, 0.05) is 61.9 Å². The summed E-state index contributed by atoms with van der Waals surface area (Å²) in [7, 11) is 0. The van der Waals surface area contributed by atoms with E-state index >= 15 is 0 Å². The summed E-state index contributed by atoms with van der Waals surface area (Å²) in [6.45, 7) is 6.48. The highest BCUT2D eigenvalue weighted by Gasteiger charge is 2.23. The van der Waals surface area contributed by atoms with E-state index in [9.17, 15) is 0 Å². The number of pyridine rings is 2. The normalized spacial score (nSPS) is 17.1. The lowest BCUT2D eigenvalue weighted by Gasteiger charge is -2.39. The van der Waals surface area contributed by atoms with Gasteiger partial charge in [-0.25, -0.2) is 0 Å². The minimum absolute atomic E-state index is 0.412. The van der Waals surface area contributed by atoms with Crippen molar-refractivity contribution in [3.8, 4) is 0 Å². The third kappa shape index (κ3) is 2.85. The van der Waals surface area contributed by atoms with Gasteiger partial charge < -0.3 is 4.90 Å². The van der Waals surface area contributed by atoms with E-state index in [0.717, 1.165) is 31.7 Å². The lowest BCUT2D eigenvalue weighted by molar-refractivity contribution is 0.198. The van der Waals surface area contributed by atoms with E-state index in [4.69, 9.17) is 0 Å². The van der Waals surface area contributed by atoms with Crippen molar-refractivity contribution in [2.75, 3.05) is 31.1 Å². The number of nitrogens with zero attached hydrogens (tertiary/aromatic N) is 4. The maximum Gasteiger partial charge on any atom is 0.0722 e. The van der Waals surface area contributed by atoms with Gasteiger partial charge in [-0.05, 0) is 30.7 Å². The van der Waals surface area contributed by atoms with Gasteiger partial charge in [0.1, 0.15) is 0 Å². The molecule has 1 fully saturated rings. The second-order valence-electron chi connectivity index (χ2n) is 6.33. The smallest absolute Gasteiger partial charge is 0.0722 e. The quantitative estimate of drug-likeness (QED) is 0.740. The number of piperazine rings is 1. The van der Waals surface area contributed by atoms with Crippen LogP contribution in [0.1, 0.15) is 18.5 Å². The molecule has 0 aliphatic carbocycles. The van der Waals surface area contributed by atoms with Crippen LogP contribution in [0.5, 0.6) is 0 Å². The van der Waals surface area contributed by atoms with Crippen LogP contribution in [0.4, 0.5) is 5.69 Å². The standard InChI is InChI=1S/C20H22N4/c1-16(17-5-4-9-21-15-17)23-11-13-24(14-12-23)20-8-10-22-19-7-3-2-6-18(19)20/h2-10,15-16H,11-14H2,1H3/t16-/m0/s1. The van der Waals surface area contributed by atoms with Gasteiger partial charge in [0.25, 0.3) is 0 Å². The van der Waals surface area contributed by atoms with Crippen molar-refractivity contribution < 1.29 is 0 Å². The zero-order valence-corrected chi connectivity index (χ0v) is 14.0. The topological polar surface area (TPSA) is 32.3 Å². The number of para-hydroxylation sites is 1. The van der Waals surface area contributed by atoms with E-state index in [-0.39, 0.29) is 0 Å². The van der Waals surface area contributed by atoms with Gasteiger partial charge in [-0.15, -0.1) is 0 Å². The summed E-state index contributed by atoms with van der Waals surface area (Å²) < 4.78 is 0. The number of rotatable bonds is 3. The molecule has 0 bridgehead atoms. The molecule has 4 nitrogen and oxygen atoms in total. The fourth-order valence-electron chi connectivity index (χ4n) is 3.54. The van der Waals surface area contributed by atoms with Crippen molar-refractivity contribution in [2.24, 2.45) is 0 Å². The van der Waals surface area contributed by atoms with Gasteiger partial charge >= 0.3 is 0 Å². The molecule has 1 atom stereocenters. The van der Waals surface area contributed by atoms with Crippen molar-refractivity contribution in [1.82, 2.24) is 14.9 Å². The van der Waals surface area contributed by atoms with Crippen molar-refractivity contribution in [3.63, 3.8) is 0 Å². The Balaban J connectivity index is 1.50. The summed E-state index contributed by atoms with van der Waals surface area (Å²) in [5, 5.41) is 1.24. The Morgan fingerprint density at radius 1 is 0.917 bits per heavy atom. The summed E-state index contributed by atoms with van der Waals surface area (Å²) in [5.41, 5.74) is 3.66. The van der Waals surface area contributed by atoms with E-state index in [0.29, 0.717) is 6.04 Å². The molecule has 1 aliphatic rings. The van der Waals surface area contributed by atoms with Crippen LogP contribution in [0.15, 0.2) is 61.1 Å². The van der Waals surface area contributed by atoms with E-state index in [1.54, 1.807) is 0 Å². The third-order valence-corrected chi connectivity index (χ3v) is 5.00. The molecule has 0 saturated carbocycles. The van der Waals surface area contributed by atoms with Crippen molar-refractivity contribution in [1.29, 1.82) is 0 Å². The summed E-state index contributed by atoms with van der Waals surface area (Å²) in [4.78, 5) is 13.7. The van der Waals surface area contributed by atoms with Gasteiger partial charge in [0.05, 0.1) is 5.52 Å². The Hall–Kier alpha value is -2.46. The molecular formula is C20H22N4. The molecule has 1 aliphatic heterocycles. The highest BCUT2D eigenvalue weighted by atomic mass is 15.3. The third-order valence-electron chi connectivity index (χ3n) is 5.00. The predicted octanol–water partition coefficient (Wildman–Crippen LogP) is 3.51. The van der Waals surface area contributed by atoms with Gasteiger partial charge in [0.2, 0.25) is 0 Å². The number of hydrogen-bond donors (Lipinski definition) is 0. The van der Waals surface area contributed by atoms with Crippen molar-refractivity contribution in [2.45, 2.75) is 13.0 Å². The van der Waals surface area contributed by atoms with Crippen LogP contribution in [0.25, 0.3) is 10.9 Å². The minimum atomic E-state index is 0.412. The number of fused-ring (bicyclic) bond motifs is 1. The number of aromatic nitrogens is 2. The van der Waals surface area contributed by atoms with E-state index in [2.05, 4.69) is 57.0 Å². The molecule has 0 radical (unpaired) electrons. The van der Waals surface area contributed by atoms with Crippen LogP contribution < -0.4 is 4.90 Å². The Labute approximate surface area is 142 Å². The molecule has 0 amide bonds. The molecule has 2 aromatic heterocycles. The molecule has 3 heterocycles. The van der Waals surface area contributed by atoms with E-state index in [1.807, 2.05) is 30.7 Å². The van der Waals surface area contributed by atoms with Crippen LogP contribution in [0.3, 0.4) is 0 Å². The average Bonchev–Trinajstić information content (AvgIpc) is 2.68. The highest BCUT2D eigenvalue weighted by molar-refractivity contribution is 5.91. The molecule has 1 saturated heterocycles. The fourth-order valence-corrected chi connectivity index (χ4v) is 3.54. The van der Waals surface area contributed by atoms with Crippen LogP contribution in [0, 0.1) is 0 Å². The molecule has 3 aromatic rings. The SMILES string of the molecule is C[C@@H](c1cccnc1)N1CCN(c2ccnc3ccccc23)CC1. The molecule has 1 aromatic carbocycles. The van der Waals surface area contributed by atoms with E-state index < -0.39 is 0 Å². The van der Waals surface area contributed by atoms with Crippen molar-refractivity contribution in [3.05, 3.63) is 66.6 Å². The van der Waals surface area contributed by atoms with Crippen LogP contribution in [-0.2, 0) is 0 Å². The Morgan fingerprint density at radius 2 is 1.75 bits per heavy atom. The molecule has 0 N–H and O–H groups in total. The maximum absolute atomic E-state index is 4.48. The largest absolute Gasteiger partial charge is 0.368 e. The molecule has 4 rings (SSSR count). The Kier molecular flexibility index (Phi) is 4.13. The van der Waals surface area contributed by atoms with Gasteiger partial charge in [-0.3, -0.25) is 14.9 Å². The summed E-state index contributed by atoms with van der Waals surface area (Å²) in [5.74, 6) is 0. The zero-order valence-electron chi connectivity index (χ0n) is 14.0.